The van der Waals surface area contributed by atoms with Crippen molar-refractivity contribution < 1.29 is 19.9 Å². The highest BCUT2D eigenvalue weighted by atomic mass is 16.4. The predicted molar refractivity (Wildman–Crippen MR) is 112 cm³/mol. The van der Waals surface area contributed by atoms with Gasteiger partial charge in [0.25, 0.3) is 0 Å². The second-order valence-electron chi connectivity index (χ2n) is 9.21. The highest BCUT2D eigenvalue weighted by Crippen LogP contribution is 2.54. The third kappa shape index (κ3) is 4.11. The zero-order valence-corrected chi connectivity index (χ0v) is 17.3. The molecule has 1 unspecified atom stereocenters. The lowest BCUT2D eigenvalue weighted by atomic mass is 9.54. The number of allylic oxidation sites excluding steroid dienone is 3. The summed E-state index contributed by atoms with van der Waals surface area (Å²) >= 11 is 0. The van der Waals surface area contributed by atoms with Gasteiger partial charge in [-0.25, -0.2) is 4.79 Å². The molecule has 6 nitrogen and oxygen atoms in total. The number of nitrogens with one attached hydrogen (secondary N) is 1. The van der Waals surface area contributed by atoms with Crippen LogP contribution >= 0.6 is 0 Å². The number of benzene rings is 1. The van der Waals surface area contributed by atoms with E-state index in [1.807, 2.05) is 6.08 Å². The van der Waals surface area contributed by atoms with Crippen LogP contribution in [0.5, 0.6) is 0 Å². The quantitative estimate of drug-likeness (QED) is 0.499. The van der Waals surface area contributed by atoms with Crippen LogP contribution in [0.2, 0.25) is 0 Å². The number of carbonyl (C=O) groups excluding carboxylic acids is 1. The van der Waals surface area contributed by atoms with Crippen LogP contribution in [0.1, 0.15) is 57.3 Å². The molecule has 3 N–H and O–H groups in total. The predicted octanol–water partition coefficient (Wildman–Crippen LogP) is 4.87. The van der Waals surface area contributed by atoms with E-state index in [1.165, 1.54) is 17.7 Å². The molecule has 0 saturated heterocycles. The van der Waals surface area contributed by atoms with Crippen LogP contribution in [-0.2, 0) is 4.79 Å². The average molecular weight is 396 g/mol. The summed E-state index contributed by atoms with van der Waals surface area (Å²) in [5.74, 6) is -1.29. The molecule has 1 aromatic carbocycles. The van der Waals surface area contributed by atoms with E-state index in [2.05, 4.69) is 44.2 Å². The molecule has 0 heterocycles. The Morgan fingerprint density at radius 3 is 2.34 bits per heavy atom. The van der Waals surface area contributed by atoms with E-state index in [-0.39, 0.29) is 34.6 Å². The standard InChI is InChI=1S/C23H28N2O4/c1-22(2)11-12-23(3,4)19-17(22)10-7-15(20(19)25-29)13-18(26)24-16-8-5-14(6-9-16)21(27)28/h5-10,19,29H,11-13H2,1-4H3,(H,24,26)(H,27,28). The molecule has 2 aliphatic rings. The summed E-state index contributed by atoms with van der Waals surface area (Å²) in [5.41, 5.74) is 3.15. The van der Waals surface area contributed by atoms with E-state index in [0.29, 0.717) is 17.0 Å². The molecule has 1 fully saturated rings. The Morgan fingerprint density at radius 1 is 1.10 bits per heavy atom. The van der Waals surface area contributed by atoms with E-state index in [4.69, 9.17) is 5.11 Å². The van der Waals surface area contributed by atoms with E-state index < -0.39 is 5.97 Å². The molecule has 6 heteroatoms. The lowest BCUT2D eigenvalue weighted by molar-refractivity contribution is -0.115. The fraction of sp³-hybridized carbons (Fsp3) is 0.435. The van der Waals surface area contributed by atoms with Gasteiger partial charge in [0, 0.05) is 11.6 Å². The van der Waals surface area contributed by atoms with Gasteiger partial charge in [0.2, 0.25) is 5.91 Å². The van der Waals surface area contributed by atoms with Gasteiger partial charge in [0.15, 0.2) is 0 Å². The molecule has 0 aliphatic heterocycles. The number of fused-ring (bicyclic) bond motifs is 1. The first kappa shape index (κ1) is 20.8. The van der Waals surface area contributed by atoms with Crippen molar-refractivity contribution in [2.45, 2.75) is 47.0 Å². The molecule has 1 atom stereocenters. The van der Waals surface area contributed by atoms with E-state index in [0.717, 1.165) is 12.8 Å². The van der Waals surface area contributed by atoms with Gasteiger partial charge < -0.3 is 15.6 Å². The van der Waals surface area contributed by atoms with Crippen LogP contribution in [0, 0.1) is 16.7 Å². The van der Waals surface area contributed by atoms with Crippen molar-refractivity contribution in [3.05, 3.63) is 53.1 Å². The Balaban J connectivity index is 1.81. The third-order valence-corrected chi connectivity index (χ3v) is 6.21. The first-order valence-corrected chi connectivity index (χ1v) is 9.82. The highest BCUT2D eigenvalue weighted by Gasteiger charge is 2.48. The molecule has 0 radical (unpaired) electrons. The molecular formula is C23H28N2O4. The highest BCUT2D eigenvalue weighted by molar-refractivity contribution is 6.09. The molecular weight excluding hydrogens is 368 g/mol. The summed E-state index contributed by atoms with van der Waals surface area (Å²) in [6, 6.07) is 6.00. The number of carbonyl (C=O) groups is 2. The number of rotatable bonds is 4. The van der Waals surface area contributed by atoms with Crippen LogP contribution in [0.25, 0.3) is 0 Å². The lowest BCUT2D eigenvalue weighted by Gasteiger charge is -2.49. The SMILES string of the molecule is CC1(C)CCC(C)(C)C2C1=CC=C(CC(=O)Nc1ccc(C(=O)O)cc1)C2=NO. The fourth-order valence-electron chi connectivity index (χ4n) is 4.38. The minimum absolute atomic E-state index is 0.0201. The number of oxime groups is 1. The first-order valence-electron chi connectivity index (χ1n) is 9.82. The van der Waals surface area contributed by atoms with Gasteiger partial charge in [-0.2, -0.15) is 0 Å². The van der Waals surface area contributed by atoms with E-state index >= 15 is 0 Å². The van der Waals surface area contributed by atoms with E-state index in [1.54, 1.807) is 12.1 Å². The molecule has 0 spiro atoms. The van der Waals surface area contributed by atoms with Crippen LogP contribution in [0.15, 0.2) is 52.7 Å². The topological polar surface area (TPSA) is 99.0 Å². The van der Waals surface area contributed by atoms with Crippen molar-refractivity contribution in [3.63, 3.8) is 0 Å². The number of hydrogen-bond donors (Lipinski definition) is 3. The van der Waals surface area contributed by atoms with Crippen molar-refractivity contribution in [3.8, 4) is 0 Å². The van der Waals surface area contributed by atoms with Crippen molar-refractivity contribution in [1.82, 2.24) is 0 Å². The largest absolute Gasteiger partial charge is 0.478 e. The lowest BCUT2D eigenvalue weighted by Crippen LogP contribution is -2.44. The van der Waals surface area contributed by atoms with Crippen LogP contribution < -0.4 is 5.32 Å². The zero-order chi connectivity index (χ0) is 21.4. The Kier molecular flexibility index (Phi) is 5.39. The minimum atomic E-state index is -1.01. The first-order chi connectivity index (χ1) is 13.5. The Hall–Kier alpha value is -2.89. The molecule has 1 amide bonds. The smallest absolute Gasteiger partial charge is 0.335 e. The van der Waals surface area contributed by atoms with Gasteiger partial charge >= 0.3 is 5.97 Å². The summed E-state index contributed by atoms with van der Waals surface area (Å²) in [7, 11) is 0. The number of carboxylic acid groups (broad SMARTS) is 1. The maximum absolute atomic E-state index is 12.6. The number of amides is 1. The molecule has 1 saturated carbocycles. The molecule has 154 valence electrons. The molecule has 3 rings (SSSR count). The monoisotopic (exact) mass is 396 g/mol. The Bertz CT molecular complexity index is 921. The van der Waals surface area contributed by atoms with Gasteiger partial charge in [-0.3, -0.25) is 4.79 Å². The van der Waals surface area contributed by atoms with E-state index in [9.17, 15) is 14.8 Å². The number of nitrogens with zero attached hydrogens (tertiary/aromatic N) is 1. The summed E-state index contributed by atoms with van der Waals surface area (Å²) in [6.07, 6.45) is 6.13. The summed E-state index contributed by atoms with van der Waals surface area (Å²) in [5, 5.41) is 25.2. The number of hydrogen-bond acceptors (Lipinski definition) is 4. The van der Waals surface area contributed by atoms with Crippen molar-refractivity contribution in [2.24, 2.45) is 21.9 Å². The summed E-state index contributed by atoms with van der Waals surface area (Å²) in [4.78, 5) is 23.5. The fourth-order valence-corrected chi connectivity index (χ4v) is 4.38. The van der Waals surface area contributed by atoms with Crippen molar-refractivity contribution in [1.29, 1.82) is 0 Å². The van der Waals surface area contributed by atoms with Gasteiger partial charge in [0.1, 0.15) is 0 Å². The Labute approximate surface area is 171 Å². The van der Waals surface area contributed by atoms with Crippen molar-refractivity contribution >= 4 is 23.3 Å². The molecule has 29 heavy (non-hydrogen) atoms. The Morgan fingerprint density at radius 2 is 1.76 bits per heavy atom. The van der Waals surface area contributed by atoms with Crippen molar-refractivity contribution in [2.75, 3.05) is 5.32 Å². The van der Waals surface area contributed by atoms with Gasteiger partial charge in [0.05, 0.1) is 17.7 Å². The van der Waals surface area contributed by atoms with Gasteiger partial charge in [-0.05, 0) is 53.5 Å². The third-order valence-electron chi connectivity index (χ3n) is 6.21. The number of anilines is 1. The van der Waals surface area contributed by atoms with Crippen LogP contribution in [0.3, 0.4) is 0 Å². The van der Waals surface area contributed by atoms with Crippen LogP contribution in [-0.4, -0.2) is 27.9 Å². The van der Waals surface area contributed by atoms with Crippen LogP contribution in [0.4, 0.5) is 5.69 Å². The maximum Gasteiger partial charge on any atom is 0.335 e. The summed E-state index contributed by atoms with van der Waals surface area (Å²) in [6.45, 7) is 8.78. The second kappa shape index (κ2) is 7.50. The summed E-state index contributed by atoms with van der Waals surface area (Å²) < 4.78 is 0. The molecule has 1 aromatic rings. The minimum Gasteiger partial charge on any atom is -0.478 e. The normalized spacial score (nSPS) is 23.6. The number of carboxylic acids is 1. The molecule has 0 aromatic heterocycles. The average Bonchev–Trinajstić information content (AvgIpc) is 2.65. The maximum atomic E-state index is 12.6. The molecule has 2 aliphatic carbocycles. The second-order valence-corrected chi connectivity index (χ2v) is 9.21. The van der Waals surface area contributed by atoms with Gasteiger partial charge in [-0.1, -0.05) is 50.6 Å². The number of aromatic carboxylic acids is 1. The zero-order valence-electron chi connectivity index (χ0n) is 17.3. The van der Waals surface area contributed by atoms with Gasteiger partial charge in [-0.15, -0.1) is 0 Å². The molecule has 0 bridgehead atoms.